The van der Waals surface area contributed by atoms with Crippen molar-refractivity contribution < 1.29 is 4.74 Å². The number of hydrogen-bond donors (Lipinski definition) is 0. The zero-order chi connectivity index (χ0) is 14.8. The van der Waals surface area contributed by atoms with Crippen LogP contribution >= 0.6 is 11.5 Å². The van der Waals surface area contributed by atoms with Crippen molar-refractivity contribution in [1.82, 2.24) is 9.27 Å². The van der Waals surface area contributed by atoms with E-state index in [9.17, 15) is 0 Å². The van der Waals surface area contributed by atoms with Crippen LogP contribution in [0.2, 0.25) is 0 Å². The SMILES string of the molecule is c1ccc2c(N3CCN(CC4CCCOC4)CC3)nsc2c1. The summed E-state index contributed by atoms with van der Waals surface area (Å²) < 4.78 is 11.6. The van der Waals surface area contributed by atoms with Crippen LogP contribution in [0, 0.1) is 5.92 Å². The summed E-state index contributed by atoms with van der Waals surface area (Å²) in [6, 6.07) is 8.56. The molecule has 3 heterocycles. The van der Waals surface area contributed by atoms with E-state index in [0.29, 0.717) is 0 Å². The molecule has 2 saturated heterocycles. The van der Waals surface area contributed by atoms with Crippen LogP contribution in [-0.2, 0) is 4.74 Å². The summed E-state index contributed by atoms with van der Waals surface area (Å²) in [4.78, 5) is 5.05. The van der Waals surface area contributed by atoms with E-state index in [1.165, 1.54) is 35.3 Å². The van der Waals surface area contributed by atoms with Crippen LogP contribution < -0.4 is 4.90 Å². The summed E-state index contributed by atoms with van der Waals surface area (Å²) in [6.45, 7) is 7.57. The molecule has 22 heavy (non-hydrogen) atoms. The molecule has 2 fully saturated rings. The third-order valence-electron chi connectivity index (χ3n) is 4.80. The summed E-state index contributed by atoms with van der Waals surface area (Å²) in [5.74, 6) is 1.92. The fourth-order valence-corrected chi connectivity index (χ4v) is 4.36. The van der Waals surface area contributed by atoms with Crippen LogP contribution in [0.3, 0.4) is 0 Å². The Labute approximate surface area is 135 Å². The minimum atomic E-state index is 0.736. The van der Waals surface area contributed by atoms with Gasteiger partial charge in [-0.05, 0) is 42.4 Å². The molecule has 0 N–H and O–H groups in total. The van der Waals surface area contributed by atoms with Crippen molar-refractivity contribution in [2.75, 3.05) is 50.8 Å². The van der Waals surface area contributed by atoms with Crippen LogP contribution in [0.15, 0.2) is 24.3 Å². The number of fused-ring (bicyclic) bond motifs is 1. The molecule has 0 amide bonds. The van der Waals surface area contributed by atoms with Gasteiger partial charge in [0.2, 0.25) is 0 Å². The van der Waals surface area contributed by atoms with E-state index in [2.05, 4.69) is 38.4 Å². The number of rotatable bonds is 3. The molecule has 0 bridgehead atoms. The molecular weight excluding hydrogens is 294 g/mol. The molecule has 2 aromatic rings. The van der Waals surface area contributed by atoms with E-state index < -0.39 is 0 Å². The highest BCUT2D eigenvalue weighted by Crippen LogP contribution is 2.30. The molecule has 4 rings (SSSR count). The second-order valence-electron chi connectivity index (χ2n) is 6.37. The monoisotopic (exact) mass is 317 g/mol. The smallest absolute Gasteiger partial charge is 0.150 e. The quantitative estimate of drug-likeness (QED) is 0.870. The van der Waals surface area contributed by atoms with Crippen molar-refractivity contribution in [3.8, 4) is 0 Å². The first-order valence-electron chi connectivity index (χ1n) is 8.29. The first-order valence-corrected chi connectivity index (χ1v) is 9.07. The summed E-state index contributed by atoms with van der Waals surface area (Å²) >= 11 is 1.62. The van der Waals surface area contributed by atoms with E-state index in [0.717, 1.165) is 45.3 Å². The third-order valence-corrected chi connectivity index (χ3v) is 5.62. The Morgan fingerprint density at radius 3 is 2.86 bits per heavy atom. The maximum atomic E-state index is 5.61. The molecule has 0 saturated carbocycles. The van der Waals surface area contributed by atoms with E-state index in [4.69, 9.17) is 4.74 Å². The average molecular weight is 317 g/mol. The summed E-state index contributed by atoms with van der Waals surface area (Å²) in [7, 11) is 0. The molecule has 118 valence electrons. The van der Waals surface area contributed by atoms with Gasteiger partial charge in [0.25, 0.3) is 0 Å². The molecule has 2 aliphatic rings. The summed E-state index contributed by atoms with van der Waals surface area (Å²) in [6.07, 6.45) is 2.56. The Bertz CT molecular complexity index is 615. The molecule has 2 aliphatic heterocycles. The number of anilines is 1. The average Bonchev–Trinajstić information content (AvgIpc) is 3.01. The van der Waals surface area contributed by atoms with Crippen LogP contribution in [0.4, 0.5) is 5.82 Å². The van der Waals surface area contributed by atoms with E-state index in [-0.39, 0.29) is 0 Å². The van der Waals surface area contributed by atoms with Crippen molar-refractivity contribution in [3.05, 3.63) is 24.3 Å². The van der Waals surface area contributed by atoms with Gasteiger partial charge in [0, 0.05) is 44.7 Å². The highest BCUT2D eigenvalue weighted by atomic mass is 32.1. The molecule has 0 spiro atoms. The molecule has 1 atom stereocenters. The van der Waals surface area contributed by atoms with Gasteiger partial charge >= 0.3 is 0 Å². The molecule has 0 aliphatic carbocycles. The van der Waals surface area contributed by atoms with Gasteiger partial charge in [-0.15, -0.1) is 0 Å². The lowest BCUT2D eigenvalue weighted by atomic mass is 10.0. The lowest BCUT2D eigenvalue weighted by Crippen LogP contribution is -2.48. The Morgan fingerprint density at radius 2 is 2.05 bits per heavy atom. The summed E-state index contributed by atoms with van der Waals surface area (Å²) in [5, 5.41) is 1.31. The standard InChI is InChI=1S/C17H23N3OS/c1-2-6-16-15(5-1)17(18-22-16)20-9-7-19(8-10-20)12-14-4-3-11-21-13-14/h1-2,5-6,14H,3-4,7-13H2. The third kappa shape index (κ3) is 2.98. The lowest BCUT2D eigenvalue weighted by molar-refractivity contribution is 0.0377. The van der Waals surface area contributed by atoms with E-state index >= 15 is 0 Å². The van der Waals surface area contributed by atoms with Crippen molar-refractivity contribution in [2.45, 2.75) is 12.8 Å². The van der Waals surface area contributed by atoms with Gasteiger partial charge in [-0.3, -0.25) is 4.90 Å². The van der Waals surface area contributed by atoms with Gasteiger partial charge in [0.15, 0.2) is 0 Å². The highest BCUT2D eigenvalue weighted by Gasteiger charge is 2.23. The number of hydrogen-bond acceptors (Lipinski definition) is 5. The predicted octanol–water partition coefficient (Wildman–Crippen LogP) is 2.84. The molecule has 1 aromatic carbocycles. The Balaban J connectivity index is 1.37. The Morgan fingerprint density at radius 1 is 1.18 bits per heavy atom. The van der Waals surface area contributed by atoms with Gasteiger partial charge in [-0.2, -0.15) is 4.37 Å². The number of piperazine rings is 1. The van der Waals surface area contributed by atoms with Crippen molar-refractivity contribution in [2.24, 2.45) is 5.92 Å². The normalized spacial score (nSPS) is 24.0. The Kier molecular flexibility index (Phi) is 4.28. The van der Waals surface area contributed by atoms with Gasteiger partial charge in [-0.1, -0.05) is 12.1 Å². The van der Waals surface area contributed by atoms with Crippen LogP contribution in [0.1, 0.15) is 12.8 Å². The maximum Gasteiger partial charge on any atom is 0.150 e. The molecule has 1 unspecified atom stereocenters. The van der Waals surface area contributed by atoms with E-state index in [1.807, 2.05) is 0 Å². The predicted molar refractivity (Wildman–Crippen MR) is 91.8 cm³/mol. The zero-order valence-electron chi connectivity index (χ0n) is 12.9. The van der Waals surface area contributed by atoms with Gasteiger partial charge < -0.3 is 9.64 Å². The minimum Gasteiger partial charge on any atom is -0.381 e. The Hall–Kier alpha value is -1.17. The van der Waals surface area contributed by atoms with Crippen molar-refractivity contribution >= 4 is 27.4 Å². The fourth-order valence-electron chi connectivity index (χ4n) is 3.56. The molecule has 5 heteroatoms. The fraction of sp³-hybridized carbons (Fsp3) is 0.588. The number of ether oxygens (including phenoxy) is 1. The van der Waals surface area contributed by atoms with Crippen LogP contribution in [0.5, 0.6) is 0 Å². The van der Waals surface area contributed by atoms with E-state index in [1.54, 1.807) is 11.5 Å². The molecule has 4 nitrogen and oxygen atoms in total. The molecule has 1 aromatic heterocycles. The maximum absolute atomic E-state index is 5.61. The number of benzene rings is 1. The minimum absolute atomic E-state index is 0.736. The second kappa shape index (κ2) is 6.52. The second-order valence-corrected chi connectivity index (χ2v) is 7.18. The highest BCUT2D eigenvalue weighted by molar-refractivity contribution is 7.13. The summed E-state index contributed by atoms with van der Waals surface area (Å²) in [5.41, 5.74) is 0. The number of nitrogens with zero attached hydrogens (tertiary/aromatic N) is 3. The van der Waals surface area contributed by atoms with Gasteiger partial charge in [-0.25, -0.2) is 0 Å². The van der Waals surface area contributed by atoms with Crippen LogP contribution in [0.25, 0.3) is 10.1 Å². The van der Waals surface area contributed by atoms with Crippen molar-refractivity contribution in [3.63, 3.8) is 0 Å². The molecular formula is C17H23N3OS. The topological polar surface area (TPSA) is 28.6 Å². The largest absolute Gasteiger partial charge is 0.381 e. The molecule has 0 radical (unpaired) electrons. The number of aromatic nitrogens is 1. The van der Waals surface area contributed by atoms with Gasteiger partial charge in [0.1, 0.15) is 5.82 Å². The van der Waals surface area contributed by atoms with Crippen LogP contribution in [-0.4, -0.2) is 55.2 Å². The zero-order valence-corrected chi connectivity index (χ0v) is 13.7. The first kappa shape index (κ1) is 14.4. The van der Waals surface area contributed by atoms with Gasteiger partial charge in [0.05, 0.1) is 11.3 Å². The van der Waals surface area contributed by atoms with Crippen molar-refractivity contribution in [1.29, 1.82) is 0 Å². The lowest BCUT2D eigenvalue weighted by Gasteiger charge is -2.37. The first-order chi connectivity index (χ1) is 10.9.